The normalized spacial score (nSPS) is 21.6. The number of benzene rings is 2. The molecule has 1 saturated heterocycles. The lowest BCUT2D eigenvalue weighted by atomic mass is 9.85. The highest BCUT2D eigenvalue weighted by Gasteiger charge is 2.62. The Morgan fingerprint density at radius 3 is 2.33 bits per heavy atom. The van der Waals surface area contributed by atoms with Crippen molar-refractivity contribution in [2.75, 3.05) is 19.6 Å². The van der Waals surface area contributed by atoms with Crippen molar-refractivity contribution < 1.29 is 59.0 Å². The molecule has 2 aromatic carbocycles. The Labute approximate surface area is 242 Å². The fourth-order valence-corrected chi connectivity index (χ4v) is 4.99. The van der Waals surface area contributed by atoms with Gasteiger partial charge in [-0.15, -0.1) is 0 Å². The molecule has 1 N–H and O–H groups in total. The molecule has 2 aromatic rings. The van der Waals surface area contributed by atoms with Gasteiger partial charge in [0.1, 0.15) is 12.8 Å². The van der Waals surface area contributed by atoms with Crippen LogP contribution in [0.5, 0.6) is 0 Å². The van der Waals surface area contributed by atoms with Crippen molar-refractivity contribution in [1.82, 2.24) is 9.80 Å². The maximum Gasteiger partial charge on any atom is 0.435 e. The van der Waals surface area contributed by atoms with Crippen LogP contribution in [0.2, 0.25) is 5.02 Å². The van der Waals surface area contributed by atoms with Crippen molar-refractivity contribution in [3.05, 3.63) is 69.2 Å². The van der Waals surface area contributed by atoms with E-state index in [0.717, 1.165) is 4.90 Å². The molecule has 0 saturated carbocycles. The monoisotopic (exact) mass is 645 g/mol. The van der Waals surface area contributed by atoms with Gasteiger partial charge in [-0.2, -0.15) is 39.5 Å². The highest BCUT2D eigenvalue weighted by atomic mass is 35.5. The van der Waals surface area contributed by atoms with E-state index in [1.54, 1.807) is 0 Å². The summed E-state index contributed by atoms with van der Waals surface area (Å²) in [5, 5.41) is 13.1. The number of β-amino-alcohol motifs (C(OH)–C–C–N with tert-alkyl or cyclic N) is 1. The number of rotatable bonds is 5. The topological polar surface area (TPSA) is 82.4 Å². The van der Waals surface area contributed by atoms with Crippen LogP contribution < -0.4 is 0 Å². The average molecular weight is 646 g/mol. The number of oxime groups is 1. The van der Waals surface area contributed by atoms with E-state index in [-0.39, 0.29) is 28.5 Å². The number of aryl methyl sites for hydroxylation is 1. The molecular formula is C26H21ClF9N3O4. The molecule has 17 heteroatoms. The van der Waals surface area contributed by atoms with E-state index >= 15 is 0 Å². The second-order valence-corrected chi connectivity index (χ2v) is 10.4. The van der Waals surface area contributed by atoms with Crippen molar-refractivity contribution in [3.63, 3.8) is 0 Å². The number of piperazine rings is 1. The van der Waals surface area contributed by atoms with E-state index in [1.807, 2.05) is 0 Å². The van der Waals surface area contributed by atoms with Crippen LogP contribution in [0, 0.1) is 6.92 Å². The number of carbonyl (C=O) groups is 2. The van der Waals surface area contributed by atoms with Gasteiger partial charge >= 0.3 is 18.5 Å². The summed E-state index contributed by atoms with van der Waals surface area (Å²) >= 11 is 5.71. The van der Waals surface area contributed by atoms with Gasteiger partial charge in [-0.05, 0) is 48.4 Å². The minimum absolute atomic E-state index is 0.0289. The van der Waals surface area contributed by atoms with Gasteiger partial charge in [0, 0.05) is 29.1 Å². The predicted octanol–water partition coefficient (Wildman–Crippen LogP) is 5.80. The lowest BCUT2D eigenvalue weighted by Gasteiger charge is -2.38. The highest BCUT2D eigenvalue weighted by Crippen LogP contribution is 2.50. The maximum absolute atomic E-state index is 14.3. The van der Waals surface area contributed by atoms with E-state index in [0.29, 0.717) is 17.0 Å². The predicted molar refractivity (Wildman–Crippen MR) is 132 cm³/mol. The highest BCUT2D eigenvalue weighted by molar-refractivity contribution is 6.30. The third-order valence-corrected chi connectivity index (χ3v) is 7.20. The summed E-state index contributed by atoms with van der Waals surface area (Å²) in [5.41, 5.74) is -5.71. The molecule has 2 atom stereocenters. The second kappa shape index (κ2) is 11.2. The summed E-state index contributed by atoms with van der Waals surface area (Å²) in [7, 11) is 0. The minimum Gasteiger partial charge on any atom is -0.374 e. The number of halogens is 10. The van der Waals surface area contributed by atoms with E-state index in [2.05, 4.69) is 5.16 Å². The van der Waals surface area contributed by atoms with E-state index in [1.165, 1.54) is 25.1 Å². The molecule has 2 aliphatic heterocycles. The van der Waals surface area contributed by atoms with E-state index in [4.69, 9.17) is 16.4 Å². The Morgan fingerprint density at radius 1 is 1.09 bits per heavy atom. The quantitative estimate of drug-likeness (QED) is 0.417. The first-order chi connectivity index (χ1) is 19.7. The van der Waals surface area contributed by atoms with Crippen LogP contribution in [-0.4, -0.2) is 70.6 Å². The van der Waals surface area contributed by atoms with Gasteiger partial charge in [-0.25, -0.2) is 0 Å². The third-order valence-electron chi connectivity index (χ3n) is 6.98. The van der Waals surface area contributed by atoms with Gasteiger partial charge in [-0.1, -0.05) is 22.8 Å². The number of carbonyl (C=O) groups excluding carboxylic acids is 2. The van der Waals surface area contributed by atoms with Gasteiger partial charge in [-0.3, -0.25) is 9.59 Å². The SMILES string of the molecule is Cc1cc(C2=NOC(c3cc(Cl)cc(C(F)(F)F)c3)(C(F)(F)F)C2)ccc1C(=O)N1CC(=O)N(CCC(F)(F)F)C(O)C1. The molecule has 0 bridgehead atoms. The molecular weight excluding hydrogens is 625 g/mol. The number of aliphatic hydroxyl groups excluding tert-OH is 1. The van der Waals surface area contributed by atoms with E-state index in [9.17, 15) is 54.2 Å². The first-order valence-corrected chi connectivity index (χ1v) is 12.7. The smallest absolute Gasteiger partial charge is 0.374 e. The Morgan fingerprint density at radius 2 is 1.77 bits per heavy atom. The first-order valence-electron chi connectivity index (χ1n) is 12.4. The number of nitrogens with zero attached hydrogens (tertiary/aromatic N) is 3. The zero-order chi connectivity index (χ0) is 32.1. The molecule has 2 amide bonds. The fraction of sp³-hybridized carbons (Fsp3) is 0.423. The largest absolute Gasteiger partial charge is 0.435 e. The van der Waals surface area contributed by atoms with E-state index < -0.39 is 90.8 Å². The van der Waals surface area contributed by atoms with Crippen LogP contribution in [0.4, 0.5) is 39.5 Å². The zero-order valence-electron chi connectivity index (χ0n) is 21.9. The van der Waals surface area contributed by atoms with Crippen molar-refractivity contribution in [1.29, 1.82) is 0 Å². The van der Waals surface area contributed by atoms with Crippen molar-refractivity contribution in [2.24, 2.45) is 5.16 Å². The summed E-state index contributed by atoms with van der Waals surface area (Å²) < 4.78 is 120. The van der Waals surface area contributed by atoms with Gasteiger partial charge in [0.2, 0.25) is 5.91 Å². The van der Waals surface area contributed by atoms with Gasteiger partial charge in [0.05, 0.1) is 24.2 Å². The molecule has 0 aliphatic carbocycles. The summed E-state index contributed by atoms with van der Waals surface area (Å²) in [4.78, 5) is 31.8. The summed E-state index contributed by atoms with van der Waals surface area (Å²) in [6.07, 6.45) is -18.9. The summed E-state index contributed by atoms with van der Waals surface area (Å²) in [5.74, 6) is -1.69. The molecule has 7 nitrogen and oxygen atoms in total. The summed E-state index contributed by atoms with van der Waals surface area (Å²) in [6, 6.07) is 5.15. The van der Waals surface area contributed by atoms with Gasteiger partial charge in [0.15, 0.2) is 0 Å². The van der Waals surface area contributed by atoms with Crippen LogP contribution in [0.3, 0.4) is 0 Å². The molecule has 2 aliphatic rings. The number of aliphatic hydroxyl groups is 1. The van der Waals surface area contributed by atoms with Crippen LogP contribution in [0.25, 0.3) is 0 Å². The number of hydrogen-bond acceptors (Lipinski definition) is 5. The molecule has 0 aromatic heterocycles. The standard InChI is InChI=1S/C26H21ClF9N3O4/c1-13-6-14(2-3-18(13)22(42)38-11-20(40)39(21(41)12-38)5-4-24(28,29)30)19-10-23(43-37-19,26(34,35)36)15-7-16(25(31,32)33)9-17(27)8-15/h2-3,6-9,20,40H,4-5,10-12H2,1H3. The number of hydrogen-bond donors (Lipinski definition) is 1. The Balaban J connectivity index is 1.55. The molecule has 2 unspecified atom stereocenters. The third kappa shape index (κ3) is 6.69. The van der Waals surface area contributed by atoms with Crippen molar-refractivity contribution in [2.45, 2.75) is 50.1 Å². The molecule has 43 heavy (non-hydrogen) atoms. The maximum atomic E-state index is 14.3. The Bertz CT molecular complexity index is 1460. The Hall–Kier alpha value is -3.53. The number of alkyl halides is 9. The Kier molecular flexibility index (Phi) is 8.43. The fourth-order valence-electron chi connectivity index (χ4n) is 4.75. The lowest BCUT2D eigenvalue weighted by molar-refractivity contribution is -0.276. The van der Waals surface area contributed by atoms with Crippen LogP contribution >= 0.6 is 11.6 Å². The second-order valence-electron chi connectivity index (χ2n) is 10.0. The van der Waals surface area contributed by atoms with Crippen molar-refractivity contribution in [3.8, 4) is 0 Å². The van der Waals surface area contributed by atoms with Crippen LogP contribution in [0.1, 0.15) is 45.5 Å². The molecule has 0 spiro atoms. The minimum atomic E-state index is -5.23. The number of amides is 2. The van der Waals surface area contributed by atoms with Gasteiger partial charge < -0.3 is 19.7 Å². The molecule has 2 heterocycles. The van der Waals surface area contributed by atoms with Crippen molar-refractivity contribution >= 4 is 29.1 Å². The molecule has 0 radical (unpaired) electrons. The lowest BCUT2D eigenvalue weighted by Crippen LogP contribution is -2.58. The molecule has 4 rings (SSSR count). The summed E-state index contributed by atoms with van der Waals surface area (Å²) in [6.45, 7) is -0.495. The average Bonchev–Trinajstić information content (AvgIpc) is 3.33. The first kappa shape index (κ1) is 32.4. The zero-order valence-corrected chi connectivity index (χ0v) is 22.6. The molecule has 1 fully saturated rings. The molecule has 234 valence electrons. The van der Waals surface area contributed by atoms with Crippen LogP contribution in [0.15, 0.2) is 41.6 Å². The van der Waals surface area contributed by atoms with Gasteiger partial charge in [0.25, 0.3) is 11.5 Å². The van der Waals surface area contributed by atoms with Crippen LogP contribution in [-0.2, 0) is 21.4 Å².